The monoisotopic (exact) mass is 267 g/mol. The Kier molecular flexibility index (Phi) is 3.68. The van der Waals surface area contributed by atoms with Crippen molar-refractivity contribution >= 4 is 16.6 Å². The maximum atomic E-state index is 4.70. The van der Waals surface area contributed by atoms with Gasteiger partial charge in [0.25, 0.3) is 0 Å². The number of rotatable bonds is 2. The molecule has 1 heterocycles. The highest BCUT2D eigenvalue weighted by atomic mass is 15.4. The summed E-state index contributed by atoms with van der Waals surface area (Å²) in [5.41, 5.74) is 3.68. The SMILES string of the molecule is CN(C)/N=C1/CCCCC1c1cnc2ccccc2c1. The Hall–Kier alpha value is -1.90. The molecule has 3 nitrogen and oxygen atoms in total. The van der Waals surface area contributed by atoms with E-state index in [1.165, 1.54) is 35.9 Å². The zero-order chi connectivity index (χ0) is 13.9. The number of hydrogen-bond donors (Lipinski definition) is 0. The Balaban J connectivity index is 1.99. The van der Waals surface area contributed by atoms with Gasteiger partial charge in [0.2, 0.25) is 0 Å². The second-order valence-electron chi connectivity index (χ2n) is 5.70. The first-order valence-corrected chi connectivity index (χ1v) is 7.33. The van der Waals surface area contributed by atoms with Gasteiger partial charge in [-0.25, -0.2) is 0 Å². The van der Waals surface area contributed by atoms with E-state index in [9.17, 15) is 0 Å². The molecule has 2 aromatic rings. The molecule has 0 amide bonds. The number of hydrazone groups is 1. The van der Waals surface area contributed by atoms with Gasteiger partial charge in [0.1, 0.15) is 0 Å². The first kappa shape index (κ1) is 13.1. The molecule has 1 atom stereocenters. The van der Waals surface area contributed by atoms with Crippen LogP contribution < -0.4 is 0 Å². The number of nitrogens with zero attached hydrogens (tertiary/aromatic N) is 3. The molecule has 0 aliphatic heterocycles. The summed E-state index contributed by atoms with van der Waals surface area (Å²) < 4.78 is 0. The van der Waals surface area contributed by atoms with Gasteiger partial charge in [0.15, 0.2) is 0 Å². The minimum absolute atomic E-state index is 0.434. The predicted molar refractivity (Wildman–Crippen MR) is 84.1 cm³/mol. The molecule has 1 aliphatic carbocycles. The molecule has 3 rings (SSSR count). The molecule has 0 radical (unpaired) electrons. The van der Waals surface area contributed by atoms with Gasteiger partial charge in [-0.05, 0) is 37.0 Å². The smallest absolute Gasteiger partial charge is 0.0702 e. The Morgan fingerprint density at radius 2 is 2.05 bits per heavy atom. The molecular weight excluding hydrogens is 246 g/mol. The summed E-state index contributed by atoms with van der Waals surface area (Å²) in [7, 11) is 3.99. The van der Waals surface area contributed by atoms with E-state index in [0.29, 0.717) is 5.92 Å². The van der Waals surface area contributed by atoms with Crippen LogP contribution in [0.4, 0.5) is 0 Å². The maximum absolute atomic E-state index is 4.70. The van der Waals surface area contributed by atoms with Gasteiger partial charge >= 0.3 is 0 Å². The average molecular weight is 267 g/mol. The minimum Gasteiger partial charge on any atom is -0.303 e. The van der Waals surface area contributed by atoms with Gasteiger partial charge in [-0.2, -0.15) is 5.10 Å². The second kappa shape index (κ2) is 5.61. The molecule has 0 saturated heterocycles. The first-order valence-electron chi connectivity index (χ1n) is 7.33. The van der Waals surface area contributed by atoms with E-state index >= 15 is 0 Å². The van der Waals surface area contributed by atoms with Gasteiger partial charge in [-0.1, -0.05) is 24.6 Å². The fourth-order valence-electron chi connectivity index (χ4n) is 3.01. The quantitative estimate of drug-likeness (QED) is 0.774. The van der Waals surface area contributed by atoms with E-state index in [2.05, 4.69) is 29.2 Å². The van der Waals surface area contributed by atoms with Crippen LogP contribution in [-0.2, 0) is 0 Å². The van der Waals surface area contributed by atoms with Crippen molar-refractivity contribution in [3.05, 3.63) is 42.1 Å². The highest BCUT2D eigenvalue weighted by Crippen LogP contribution is 2.32. The number of hydrogen-bond acceptors (Lipinski definition) is 3. The zero-order valence-electron chi connectivity index (χ0n) is 12.2. The molecule has 1 aliphatic rings. The summed E-state index contributed by atoms with van der Waals surface area (Å²) in [4.78, 5) is 4.60. The Morgan fingerprint density at radius 3 is 2.90 bits per heavy atom. The van der Waals surface area contributed by atoms with Crippen molar-refractivity contribution in [1.82, 2.24) is 9.99 Å². The molecule has 1 aromatic carbocycles. The lowest BCUT2D eigenvalue weighted by Crippen LogP contribution is -2.21. The molecular formula is C17H21N3. The number of aromatic nitrogens is 1. The van der Waals surface area contributed by atoms with Crippen LogP contribution >= 0.6 is 0 Å². The predicted octanol–water partition coefficient (Wildman–Crippen LogP) is 3.81. The topological polar surface area (TPSA) is 28.5 Å². The maximum Gasteiger partial charge on any atom is 0.0702 e. The van der Waals surface area contributed by atoms with Crippen molar-refractivity contribution in [3.63, 3.8) is 0 Å². The van der Waals surface area contributed by atoms with Crippen molar-refractivity contribution < 1.29 is 0 Å². The van der Waals surface area contributed by atoms with Crippen molar-refractivity contribution in [1.29, 1.82) is 0 Å². The third kappa shape index (κ3) is 2.67. The standard InChI is InChI=1S/C17H21N3/c1-20(2)19-17-10-6-4-8-15(17)14-11-13-7-3-5-9-16(13)18-12-14/h3,5,7,9,11-12,15H,4,6,8,10H2,1-2H3/b19-17-. The van der Waals surface area contributed by atoms with Crippen LogP contribution in [0.1, 0.15) is 37.2 Å². The van der Waals surface area contributed by atoms with Crippen LogP contribution in [0.25, 0.3) is 10.9 Å². The van der Waals surface area contributed by atoms with Crippen molar-refractivity contribution in [2.45, 2.75) is 31.6 Å². The van der Waals surface area contributed by atoms with Crippen molar-refractivity contribution in [3.8, 4) is 0 Å². The molecule has 1 unspecified atom stereocenters. The fourth-order valence-corrected chi connectivity index (χ4v) is 3.01. The van der Waals surface area contributed by atoms with E-state index < -0.39 is 0 Å². The number of pyridine rings is 1. The van der Waals surface area contributed by atoms with Gasteiger partial charge in [-0.3, -0.25) is 4.98 Å². The fraction of sp³-hybridized carbons (Fsp3) is 0.412. The summed E-state index contributed by atoms with van der Waals surface area (Å²) in [5.74, 6) is 0.434. The molecule has 1 saturated carbocycles. The number of para-hydroxylation sites is 1. The third-order valence-corrected chi connectivity index (χ3v) is 3.92. The summed E-state index contributed by atoms with van der Waals surface area (Å²) in [6.07, 6.45) is 6.86. The summed E-state index contributed by atoms with van der Waals surface area (Å²) in [5, 5.41) is 7.84. The normalized spacial score (nSPS) is 21.3. The van der Waals surface area contributed by atoms with Gasteiger partial charge in [-0.15, -0.1) is 0 Å². The Morgan fingerprint density at radius 1 is 1.20 bits per heavy atom. The van der Waals surface area contributed by atoms with Crippen LogP contribution in [0.5, 0.6) is 0 Å². The van der Waals surface area contributed by atoms with Gasteiger partial charge < -0.3 is 5.01 Å². The zero-order valence-corrected chi connectivity index (χ0v) is 12.2. The lowest BCUT2D eigenvalue weighted by atomic mass is 9.82. The Bertz CT molecular complexity index is 631. The summed E-state index contributed by atoms with van der Waals surface area (Å²) >= 11 is 0. The summed E-state index contributed by atoms with van der Waals surface area (Å²) in [6.45, 7) is 0. The van der Waals surface area contributed by atoms with Crippen molar-refractivity contribution in [2.75, 3.05) is 14.1 Å². The minimum atomic E-state index is 0.434. The van der Waals surface area contributed by atoms with Crippen LogP contribution in [-0.4, -0.2) is 29.8 Å². The van der Waals surface area contributed by atoms with E-state index in [1.807, 2.05) is 31.4 Å². The largest absolute Gasteiger partial charge is 0.303 e. The van der Waals surface area contributed by atoms with E-state index in [1.54, 1.807) is 0 Å². The highest BCUT2D eigenvalue weighted by molar-refractivity contribution is 5.92. The third-order valence-electron chi connectivity index (χ3n) is 3.92. The van der Waals surface area contributed by atoms with E-state index in [4.69, 9.17) is 5.10 Å². The number of fused-ring (bicyclic) bond motifs is 1. The van der Waals surface area contributed by atoms with Crippen LogP contribution in [0.3, 0.4) is 0 Å². The number of benzene rings is 1. The second-order valence-corrected chi connectivity index (χ2v) is 5.70. The molecule has 0 N–H and O–H groups in total. The molecule has 1 aromatic heterocycles. The van der Waals surface area contributed by atoms with Crippen LogP contribution in [0.2, 0.25) is 0 Å². The molecule has 20 heavy (non-hydrogen) atoms. The highest BCUT2D eigenvalue weighted by Gasteiger charge is 2.23. The molecule has 1 fully saturated rings. The average Bonchev–Trinajstić information content (AvgIpc) is 2.47. The molecule has 0 bridgehead atoms. The van der Waals surface area contributed by atoms with Crippen LogP contribution in [0.15, 0.2) is 41.6 Å². The van der Waals surface area contributed by atoms with E-state index in [-0.39, 0.29) is 0 Å². The van der Waals surface area contributed by atoms with Gasteiger partial charge in [0.05, 0.1) is 5.52 Å². The lowest BCUT2D eigenvalue weighted by molar-refractivity contribution is 0.427. The first-order chi connectivity index (χ1) is 9.74. The summed E-state index contributed by atoms with van der Waals surface area (Å²) in [6, 6.07) is 10.6. The molecule has 0 spiro atoms. The molecule has 3 heteroatoms. The van der Waals surface area contributed by atoms with Crippen molar-refractivity contribution in [2.24, 2.45) is 5.10 Å². The van der Waals surface area contributed by atoms with E-state index in [0.717, 1.165) is 11.9 Å². The van der Waals surface area contributed by atoms with Gasteiger partial charge in [0, 0.05) is 37.3 Å². The van der Waals surface area contributed by atoms with Crippen LogP contribution in [0, 0.1) is 0 Å². The Labute approximate surface area is 120 Å². The lowest BCUT2D eigenvalue weighted by Gasteiger charge is -2.25. The molecule has 104 valence electrons.